The minimum Gasteiger partial charge on any atom is -0.0885 e. The Hall–Kier alpha value is -1.30. The number of hydrogen-bond donors (Lipinski definition) is 0. The van der Waals surface area contributed by atoms with E-state index in [1.807, 2.05) is 6.07 Å². The first-order valence-electron chi connectivity index (χ1n) is 4.80. The Morgan fingerprint density at radius 3 is 2.46 bits per heavy atom. The van der Waals surface area contributed by atoms with Crippen molar-refractivity contribution in [2.45, 2.75) is 19.8 Å². The molecule has 68 valence electrons. The summed E-state index contributed by atoms with van der Waals surface area (Å²) in [6.07, 6.45) is 10.9. The van der Waals surface area contributed by atoms with Gasteiger partial charge in [0.15, 0.2) is 0 Å². The third-order valence-corrected chi connectivity index (χ3v) is 1.78. The van der Waals surface area contributed by atoms with E-state index in [9.17, 15) is 0 Å². The van der Waals surface area contributed by atoms with Crippen LogP contribution >= 0.6 is 0 Å². The molecule has 0 N–H and O–H groups in total. The summed E-state index contributed by atoms with van der Waals surface area (Å²) in [6, 6.07) is 10.4. The second-order valence-electron chi connectivity index (χ2n) is 2.93. The Balaban J connectivity index is 2.37. The maximum atomic E-state index is 2.19. The Kier molecular flexibility index (Phi) is 4.70. The maximum Gasteiger partial charge on any atom is -0.0166 e. The molecular formula is C13H16. The van der Waals surface area contributed by atoms with Gasteiger partial charge in [-0.3, -0.25) is 0 Å². The highest BCUT2D eigenvalue weighted by molar-refractivity contribution is 5.48. The van der Waals surface area contributed by atoms with Gasteiger partial charge in [-0.15, -0.1) is 0 Å². The molecule has 0 bridgehead atoms. The summed E-state index contributed by atoms with van der Waals surface area (Å²) < 4.78 is 0. The molecule has 0 aliphatic carbocycles. The van der Waals surface area contributed by atoms with Gasteiger partial charge in [-0.2, -0.15) is 0 Å². The molecule has 0 saturated carbocycles. The van der Waals surface area contributed by atoms with E-state index in [2.05, 4.69) is 55.5 Å². The Labute approximate surface area is 80.6 Å². The number of allylic oxidation sites excluding steroid dienone is 3. The van der Waals surface area contributed by atoms with E-state index in [1.54, 1.807) is 0 Å². The van der Waals surface area contributed by atoms with Crippen LogP contribution < -0.4 is 0 Å². The fourth-order valence-electron chi connectivity index (χ4n) is 1.11. The summed E-state index contributed by atoms with van der Waals surface area (Å²) in [5.74, 6) is 0. The normalized spacial score (nSPS) is 11.5. The average Bonchev–Trinajstić information content (AvgIpc) is 2.19. The van der Waals surface area contributed by atoms with Crippen LogP contribution in [0.25, 0.3) is 6.08 Å². The molecule has 0 aromatic heterocycles. The van der Waals surface area contributed by atoms with Crippen molar-refractivity contribution in [3.8, 4) is 0 Å². The molecule has 1 rings (SSSR count). The molecule has 1 aromatic carbocycles. The van der Waals surface area contributed by atoms with Crippen molar-refractivity contribution < 1.29 is 0 Å². The standard InChI is InChI=1S/C13H16/c1-2-3-4-5-7-10-13-11-8-6-9-12-13/h3-4,6-12H,2,5H2,1H3. The zero-order chi connectivity index (χ0) is 9.36. The number of hydrogen-bond acceptors (Lipinski definition) is 0. The van der Waals surface area contributed by atoms with E-state index in [4.69, 9.17) is 0 Å². The van der Waals surface area contributed by atoms with Crippen LogP contribution in [-0.2, 0) is 0 Å². The molecule has 0 heteroatoms. The SMILES string of the molecule is CCC=CCC=Cc1ccccc1. The van der Waals surface area contributed by atoms with Crippen LogP contribution in [0.2, 0.25) is 0 Å². The molecule has 1 aromatic rings. The molecule has 0 nitrogen and oxygen atoms in total. The first-order valence-corrected chi connectivity index (χ1v) is 4.80. The zero-order valence-corrected chi connectivity index (χ0v) is 8.11. The number of benzene rings is 1. The zero-order valence-electron chi connectivity index (χ0n) is 8.11. The minimum atomic E-state index is 1.03. The lowest BCUT2D eigenvalue weighted by molar-refractivity contribution is 1.20. The van der Waals surface area contributed by atoms with Crippen molar-refractivity contribution in [2.24, 2.45) is 0 Å². The van der Waals surface area contributed by atoms with Crippen molar-refractivity contribution >= 4 is 6.08 Å². The Morgan fingerprint density at radius 2 is 1.77 bits per heavy atom. The molecular weight excluding hydrogens is 156 g/mol. The third kappa shape index (κ3) is 4.32. The van der Waals surface area contributed by atoms with Crippen molar-refractivity contribution in [3.05, 3.63) is 54.1 Å². The minimum absolute atomic E-state index is 1.03. The van der Waals surface area contributed by atoms with E-state index >= 15 is 0 Å². The van der Waals surface area contributed by atoms with Gasteiger partial charge >= 0.3 is 0 Å². The quantitative estimate of drug-likeness (QED) is 0.601. The first kappa shape index (κ1) is 9.79. The highest BCUT2D eigenvalue weighted by Gasteiger charge is 1.80. The van der Waals surface area contributed by atoms with Gasteiger partial charge in [-0.05, 0) is 18.4 Å². The summed E-state index contributed by atoms with van der Waals surface area (Å²) in [6.45, 7) is 2.15. The maximum absolute atomic E-state index is 2.19. The van der Waals surface area contributed by atoms with E-state index in [0.29, 0.717) is 0 Å². The predicted octanol–water partition coefficient (Wildman–Crippen LogP) is 4.06. The summed E-state index contributed by atoms with van der Waals surface area (Å²) in [5.41, 5.74) is 1.27. The van der Waals surface area contributed by atoms with Crippen LogP contribution in [0.4, 0.5) is 0 Å². The fraction of sp³-hybridized carbons (Fsp3) is 0.231. The molecule has 0 saturated heterocycles. The fourth-order valence-corrected chi connectivity index (χ4v) is 1.11. The van der Waals surface area contributed by atoms with Gasteiger partial charge in [0.1, 0.15) is 0 Å². The summed E-state index contributed by atoms with van der Waals surface area (Å²) >= 11 is 0. The van der Waals surface area contributed by atoms with Gasteiger partial charge in [0.2, 0.25) is 0 Å². The summed E-state index contributed by atoms with van der Waals surface area (Å²) in [4.78, 5) is 0. The molecule has 0 radical (unpaired) electrons. The summed E-state index contributed by atoms with van der Waals surface area (Å²) in [5, 5.41) is 0. The molecule has 0 spiro atoms. The van der Waals surface area contributed by atoms with E-state index < -0.39 is 0 Å². The summed E-state index contributed by atoms with van der Waals surface area (Å²) in [7, 11) is 0. The second-order valence-corrected chi connectivity index (χ2v) is 2.93. The van der Waals surface area contributed by atoms with Crippen molar-refractivity contribution in [3.63, 3.8) is 0 Å². The van der Waals surface area contributed by atoms with E-state index in [0.717, 1.165) is 12.8 Å². The van der Waals surface area contributed by atoms with Crippen LogP contribution in [0.3, 0.4) is 0 Å². The lowest BCUT2D eigenvalue weighted by atomic mass is 10.2. The molecule has 0 atom stereocenters. The van der Waals surface area contributed by atoms with Crippen LogP contribution in [0.15, 0.2) is 48.6 Å². The van der Waals surface area contributed by atoms with Gasteiger partial charge in [0, 0.05) is 0 Å². The topological polar surface area (TPSA) is 0 Å². The van der Waals surface area contributed by atoms with E-state index in [-0.39, 0.29) is 0 Å². The van der Waals surface area contributed by atoms with Gasteiger partial charge in [0.05, 0.1) is 0 Å². The smallest absolute Gasteiger partial charge is 0.0166 e. The molecule has 0 aliphatic rings. The molecule has 0 heterocycles. The number of rotatable bonds is 4. The second kappa shape index (κ2) is 6.24. The third-order valence-electron chi connectivity index (χ3n) is 1.78. The van der Waals surface area contributed by atoms with Crippen molar-refractivity contribution in [1.82, 2.24) is 0 Å². The first-order chi connectivity index (χ1) is 6.43. The lowest BCUT2D eigenvalue weighted by Crippen LogP contribution is -1.67. The molecule has 0 aliphatic heterocycles. The molecule has 0 amide bonds. The average molecular weight is 172 g/mol. The highest BCUT2D eigenvalue weighted by atomic mass is 13.9. The molecule has 0 unspecified atom stereocenters. The Morgan fingerprint density at radius 1 is 1.00 bits per heavy atom. The molecule has 13 heavy (non-hydrogen) atoms. The van der Waals surface area contributed by atoms with Crippen LogP contribution in [0.1, 0.15) is 25.3 Å². The predicted molar refractivity (Wildman–Crippen MR) is 59.5 cm³/mol. The monoisotopic (exact) mass is 172 g/mol. The van der Waals surface area contributed by atoms with Gasteiger partial charge in [0.25, 0.3) is 0 Å². The van der Waals surface area contributed by atoms with Crippen molar-refractivity contribution in [1.29, 1.82) is 0 Å². The lowest BCUT2D eigenvalue weighted by Gasteiger charge is -1.89. The van der Waals surface area contributed by atoms with Crippen LogP contribution in [-0.4, -0.2) is 0 Å². The van der Waals surface area contributed by atoms with Gasteiger partial charge in [-0.25, -0.2) is 0 Å². The van der Waals surface area contributed by atoms with E-state index in [1.165, 1.54) is 5.56 Å². The molecule has 0 fully saturated rings. The Bertz CT molecular complexity index is 267. The van der Waals surface area contributed by atoms with Crippen LogP contribution in [0, 0.1) is 0 Å². The van der Waals surface area contributed by atoms with Crippen molar-refractivity contribution in [2.75, 3.05) is 0 Å². The largest absolute Gasteiger partial charge is 0.0885 e. The van der Waals surface area contributed by atoms with Crippen LogP contribution in [0.5, 0.6) is 0 Å². The van der Waals surface area contributed by atoms with Gasteiger partial charge < -0.3 is 0 Å². The van der Waals surface area contributed by atoms with Gasteiger partial charge in [-0.1, -0.05) is 61.6 Å². The highest BCUT2D eigenvalue weighted by Crippen LogP contribution is 2.01.